The van der Waals surface area contributed by atoms with Gasteiger partial charge in [0.1, 0.15) is 5.75 Å². The topological polar surface area (TPSA) is 27.1 Å². The van der Waals surface area contributed by atoms with Crippen LogP contribution in [0.3, 0.4) is 0 Å². The highest BCUT2D eigenvalue weighted by Crippen LogP contribution is 2.18. The first-order chi connectivity index (χ1) is 6.90. The van der Waals surface area contributed by atoms with Gasteiger partial charge in [-0.15, -0.1) is 0 Å². The smallest absolute Gasteiger partial charge is 0.301 e. The molecule has 0 atom stereocenters. The zero-order chi connectivity index (χ0) is 9.80. The fraction of sp³-hybridized carbons (Fsp3) is 0.182. The number of hydrogen-bond donors (Lipinski definition) is 0. The maximum Gasteiger partial charge on any atom is 0.301 e. The lowest BCUT2D eigenvalue weighted by molar-refractivity contribution is 0.415. The van der Waals surface area contributed by atoms with Crippen molar-refractivity contribution in [1.29, 1.82) is 0 Å². The summed E-state index contributed by atoms with van der Waals surface area (Å²) in [4.78, 5) is 4.12. The molecule has 2 rings (SSSR count). The van der Waals surface area contributed by atoms with Crippen molar-refractivity contribution in [1.82, 2.24) is 9.55 Å². The van der Waals surface area contributed by atoms with E-state index in [1.165, 1.54) is 0 Å². The standard InChI is InChI=1S/C11H12N2O/c1-2-13-9-8-12-11(13)14-10-6-4-3-5-7-10/h3-9H,2H2,1H3. The van der Waals surface area contributed by atoms with Crippen molar-refractivity contribution in [2.45, 2.75) is 13.5 Å². The number of imidazole rings is 1. The molecule has 3 nitrogen and oxygen atoms in total. The number of aryl methyl sites for hydroxylation is 1. The maximum atomic E-state index is 5.59. The van der Waals surface area contributed by atoms with Crippen molar-refractivity contribution in [3.8, 4) is 11.8 Å². The first kappa shape index (κ1) is 8.81. The number of benzene rings is 1. The van der Waals surface area contributed by atoms with Crippen molar-refractivity contribution in [3.05, 3.63) is 42.7 Å². The molecule has 3 heteroatoms. The van der Waals surface area contributed by atoms with Gasteiger partial charge < -0.3 is 9.30 Å². The monoisotopic (exact) mass is 188 g/mol. The summed E-state index contributed by atoms with van der Waals surface area (Å²) in [5, 5.41) is 0. The molecule has 72 valence electrons. The molecule has 0 spiro atoms. The molecule has 0 aliphatic rings. The molecule has 0 unspecified atom stereocenters. The first-order valence-electron chi connectivity index (χ1n) is 4.64. The van der Waals surface area contributed by atoms with Crippen molar-refractivity contribution in [2.75, 3.05) is 0 Å². The average molecular weight is 188 g/mol. The van der Waals surface area contributed by atoms with Crippen LogP contribution in [0.15, 0.2) is 42.7 Å². The molecule has 0 fully saturated rings. The number of para-hydroxylation sites is 1. The second-order valence-corrected chi connectivity index (χ2v) is 2.91. The van der Waals surface area contributed by atoms with Crippen molar-refractivity contribution in [2.24, 2.45) is 0 Å². The molecule has 1 aromatic heterocycles. The number of nitrogens with zero attached hydrogens (tertiary/aromatic N) is 2. The SMILES string of the molecule is CCn1ccnc1Oc1ccccc1. The minimum Gasteiger partial charge on any atom is -0.426 e. The lowest BCUT2D eigenvalue weighted by Gasteiger charge is -2.05. The summed E-state index contributed by atoms with van der Waals surface area (Å²) >= 11 is 0. The lowest BCUT2D eigenvalue weighted by Crippen LogP contribution is -1.96. The zero-order valence-corrected chi connectivity index (χ0v) is 8.05. The van der Waals surface area contributed by atoms with Crippen LogP contribution in [0.4, 0.5) is 0 Å². The van der Waals surface area contributed by atoms with E-state index in [-0.39, 0.29) is 0 Å². The molecule has 0 amide bonds. The van der Waals surface area contributed by atoms with Gasteiger partial charge in [0.05, 0.1) is 0 Å². The second kappa shape index (κ2) is 3.96. The van der Waals surface area contributed by atoms with E-state index >= 15 is 0 Å². The Bertz CT molecular complexity index is 395. The second-order valence-electron chi connectivity index (χ2n) is 2.91. The predicted molar refractivity (Wildman–Crippen MR) is 54.4 cm³/mol. The molecule has 14 heavy (non-hydrogen) atoms. The van der Waals surface area contributed by atoms with Gasteiger partial charge >= 0.3 is 6.01 Å². The zero-order valence-electron chi connectivity index (χ0n) is 8.05. The molecule has 0 aliphatic carbocycles. The normalized spacial score (nSPS) is 10.1. The third kappa shape index (κ3) is 1.76. The fourth-order valence-electron chi connectivity index (χ4n) is 1.24. The predicted octanol–water partition coefficient (Wildman–Crippen LogP) is 2.70. The van der Waals surface area contributed by atoms with Gasteiger partial charge in [0.2, 0.25) is 0 Å². The molecule has 0 saturated heterocycles. The van der Waals surface area contributed by atoms with Gasteiger partial charge in [0, 0.05) is 18.9 Å². The third-order valence-corrected chi connectivity index (χ3v) is 1.97. The molecule has 0 N–H and O–H groups in total. The van der Waals surface area contributed by atoms with Crippen molar-refractivity contribution in [3.63, 3.8) is 0 Å². The fourth-order valence-corrected chi connectivity index (χ4v) is 1.24. The van der Waals surface area contributed by atoms with E-state index in [1.54, 1.807) is 6.20 Å². The Morgan fingerprint density at radius 3 is 2.79 bits per heavy atom. The average Bonchev–Trinajstić information content (AvgIpc) is 2.67. The van der Waals surface area contributed by atoms with Crippen LogP contribution in [0.1, 0.15) is 6.92 Å². The maximum absolute atomic E-state index is 5.59. The number of hydrogen-bond acceptors (Lipinski definition) is 2. The molecular formula is C11H12N2O. The number of ether oxygens (including phenoxy) is 1. The Balaban J connectivity index is 2.19. The molecule has 0 radical (unpaired) electrons. The Kier molecular flexibility index (Phi) is 2.49. The van der Waals surface area contributed by atoms with E-state index in [4.69, 9.17) is 4.74 Å². The summed E-state index contributed by atoms with van der Waals surface area (Å²) in [6.07, 6.45) is 3.64. The largest absolute Gasteiger partial charge is 0.426 e. The highest BCUT2D eigenvalue weighted by atomic mass is 16.5. The summed E-state index contributed by atoms with van der Waals surface area (Å²) in [5.41, 5.74) is 0. The van der Waals surface area contributed by atoms with Crippen LogP contribution >= 0.6 is 0 Å². The van der Waals surface area contributed by atoms with E-state index < -0.39 is 0 Å². The van der Waals surface area contributed by atoms with Gasteiger partial charge in [-0.25, -0.2) is 4.98 Å². The van der Waals surface area contributed by atoms with E-state index in [1.807, 2.05) is 41.1 Å². The summed E-state index contributed by atoms with van der Waals surface area (Å²) in [6.45, 7) is 2.92. The minimum atomic E-state index is 0.638. The van der Waals surface area contributed by atoms with Crippen LogP contribution in [0.2, 0.25) is 0 Å². The minimum absolute atomic E-state index is 0.638. The molecular weight excluding hydrogens is 176 g/mol. The highest BCUT2D eigenvalue weighted by molar-refractivity contribution is 5.24. The molecule has 1 heterocycles. The van der Waals surface area contributed by atoms with Gasteiger partial charge in [-0.05, 0) is 19.1 Å². The van der Waals surface area contributed by atoms with Crippen LogP contribution < -0.4 is 4.74 Å². The van der Waals surface area contributed by atoms with Gasteiger partial charge in [-0.1, -0.05) is 18.2 Å². The first-order valence-corrected chi connectivity index (χ1v) is 4.64. The summed E-state index contributed by atoms with van der Waals surface area (Å²) in [7, 11) is 0. The van der Waals surface area contributed by atoms with Crippen LogP contribution in [0, 0.1) is 0 Å². The van der Waals surface area contributed by atoms with E-state index in [2.05, 4.69) is 11.9 Å². The summed E-state index contributed by atoms with van der Waals surface area (Å²) in [5.74, 6) is 0.813. The quantitative estimate of drug-likeness (QED) is 0.740. The van der Waals surface area contributed by atoms with Crippen LogP contribution in [-0.2, 0) is 6.54 Å². The van der Waals surface area contributed by atoms with E-state index in [0.717, 1.165) is 12.3 Å². The molecule has 2 aromatic rings. The summed E-state index contributed by atoms with van der Waals surface area (Å²) in [6, 6.07) is 10.3. The number of rotatable bonds is 3. The summed E-state index contributed by atoms with van der Waals surface area (Å²) < 4.78 is 7.54. The van der Waals surface area contributed by atoms with Gasteiger partial charge in [-0.2, -0.15) is 0 Å². The van der Waals surface area contributed by atoms with Crippen LogP contribution in [0.25, 0.3) is 0 Å². The Labute approximate surface area is 83.0 Å². The molecule has 0 saturated carbocycles. The van der Waals surface area contributed by atoms with Gasteiger partial charge in [0.15, 0.2) is 0 Å². The van der Waals surface area contributed by atoms with Crippen molar-refractivity contribution >= 4 is 0 Å². The van der Waals surface area contributed by atoms with Gasteiger partial charge in [0.25, 0.3) is 0 Å². The Morgan fingerprint density at radius 1 is 1.29 bits per heavy atom. The molecule has 0 bridgehead atoms. The van der Waals surface area contributed by atoms with Crippen LogP contribution in [-0.4, -0.2) is 9.55 Å². The molecule has 0 aliphatic heterocycles. The number of aromatic nitrogens is 2. The highest BCUT2D eigenvalue weighted by Gasteiger charge is 2.02. The van der Waals surface area contributed by atoms with Crippen molar-refractivity contribution < 1.29 is 4.74 Å². The third-order valence-electron chi connectivity index (χ3n) is 1.97. The van der Waals surface area contributed by atoms with Crippen LogP contribution in [0.5, 0.6) is 11.8 Å². The Hall–Kier alpha value is -1.77. The Morgan fingerprint density at radius 2 is 2.07 bits per heavy atom. The van der Waals surface area contributed by atoms with Gasteiger partial charge in [-0.3, -0.25) is 0 Å². The molecule has 1 aromatic carbocycles. The van der Waals surface area contributed by atoms with E-state index in [9.17, 15) is 0 Å². The lowest BCUT2D eigenvalue weighted by atomic mass is 10.3. The van der Waals surface area contributed by atoms with E-state index in [0.29, 0.717) is 6.01 Å².